The van der Waals surface area contributed by atoms with Gasteiger partial charge in [-0.3, -0.25) is 4.79 Å². The quantitative estimate of drug-likeness (QED) is 0.871. The number of pyridine rings is 1. The molecule has 2 aromatic rings. The molecule has 3 nitrogen and oxygen atoms in total. The minimum atomic E-state index is 0.000844. The lowest BCUT2D eigenvalue weighted by atomic mass is 9.53. The van der Waals surface area contributed by atoms with Crippen LogP contribution in [0.5, 0.6) is 0 Å². The Morgan fingerprint density at radius 1 is 0.962 bits per heavy atom. The molecule has 1 heterocycles. The standard InChI is InChI=1S/C23H26N2O/c1-15-5-7-19(8-6-15)20-3-2-4-21(24-20)22(26)25-23-12-16-9-17(13-23)11-18(10-16)14-23/h2-8,16-18H,9-14H2,1H3,(H,25,26). The van der Waals surface area contributed by atoms with E-state index in [0.29, 0.717) is 5.69 Å². The topological polar surface area (TPSA) is 42.0 Å². The maximum atomic E-state index is 13.0. The number of hydrogen-bond acceptors (Lipinski definition) is 2. The van der Waals surface area contributed by atoms with Crippen molar-refractivity contribution in [1.29, 1.82) is 0 Å². The van der Waals surface area contributed by atoms with Crippen LogP contribution in [0.3, 0.4) is 0 Å². The van der Waals surface area contributed by atoms with Gasteiger partial charge in [0, 0.05) is 11.1 Å². The molecule has 0 aliphatic heterocycles. The van der Waals surface area contributed by atoms with Gasteiger partial charge in [0.1, 0.15) is 5.69 Å². The average Bonchev–Trinajstić information content (AvgIpc) is 2.61. The molecule has 1 aromatic carbocycles. The number of benzene rings is 1. The molecule has 4 bridgehead atoms. The van der Waals surface area contributed by atoms with Crippen LogP contribution in [0.25, 0.3) is 11.3 Å². The molecule has 26 heavy (non-hydrogen) atoms. The highest BCUT2D eigenvalue weighted by Crippen LogP contribution is 2.55. The lowest BCUT2D eigenvalue weighted by molar-refractivity contribution is -0.0167. The predicted molar refractivity (Wildman–Crippen MR) is 103 cm³/mol. The number of rotatable bonds is 3. The highest BCUT2D eigenvalue weighted by molar-refractivity contribution is 5.93. The highest BCUT2D eigenvalue weighted by atomic mass is 16.2. The van der Waals surface area contributed by atoms with Crippen molar-refractivity contribution >= 4 is 5.91 Å². The van der Waals surface area contributed by atoms with E-state index in [0.717, 1.165) is 29.0 Å². The third kappa shape index (κ3) is 2.84. The summed E-state index contributed by atoms with van der Waals surface area (Å²) in [6.07, 6.45) is 7.66. The number of hydrogen-bond donors (Lipinski definition) is 1. The summed E-state index contributed by atoms with van der Waals surface area (Å²) in [5, 5.41) is 3.43. The number of aromatic nitrogens is 1. The van der Waals surface area contributed by atoms with Crippen LogP contribution >= 0.6 is 0 Å². The molecule has 3 heteroatoms. The van der Waals surface area contributed by atoms with E-state index in [2.05, 4.69) is 41.5 Å². The zero-order chi connectivity index (χ0) is 17.7. The largest absolute Gasteiger partial charge is 0.345 e. The summed E-state index contributed by atoms with van der Waals surface area (Å²) in [6.45, 7) is 2.08. The van der Waals surface area contributed by atoms with Gasteiger partial charge in [0.2, 0.25) is 0 Å². The molecule has 1 N–H and O–H groups in total. The minimum absolute atomic E-state index is 0.000844. The third-order valence-electron chi connectivity index (χ3n) is 6.75. The van der Waals surface area contributed by atoms with Crippen molar-refractivity contribution in [1.82, 2.24) is 10.3 Å². The van der Waals surface area contributed by atoms with Gasteiger partial charge in [-0.05, 0) is 75.3 Å². The van der Waals surface area contributed by atoms with Crippen LogP contribution in [0.15, 0.2) is 42.5 Å². The molecule has 0 atom stereocenters. The number of nitrogens with zero attached hydrogens (tertiary/aromatic N) is 1. The molecule has 4 aliphatic rings. The maximum Gasteiger partial charge on any atom is 0.270 e. The average molecular weight is 346 g/mol. The first kappa shape index (κ1) is 16.0. The molecule has 1 aromatic heterocycles. The fraction of sp³-hybridized carbons (Fsp3) is 0.478. The number of nitrogens with one attached hydrogen (secondary N) is 1. The molecule has 0 radical (unpaired) electrons. The predicted octanol–water partition coefficient (Wildman–Crippen LogP) is 4.76. The summed E-state index contributed by atoms with van der Waals surface area (Å²) in [6, 6.07) is 14.1. The summed E-state index contributed by atoms with van der Waals surface area (Å²) in [5.74, 6) is 2.48. The molecular weight excluding hydrogens is 320 g/mol. The van der Waals surface area contributed by atoms with E-state index < -0.39 is 0 Å². The van der Waals surface area contributed by atoms with Crippen LogP contribution in [-0.2, 0) is 0 Å². The second-order valence-electron chi connectivity index (χ2n) is 8.93. The zero-order valence-electron chi connectivity index (χ0n) is 15.4. The number of carbonyl (C=O) groups excluding carboxylic acids is 1. The normalized spacial score (nSPS) is 31.8. The monoisotopic (exact) mass is 346 g/mol. The van der Waals surface area contributed by atoms with E-state index >= 15 is 0 Å². The summed E-state index contributed by atoms with van der Waals surface area (Å²) in [7, 11) is 0. The van der Waals surface area contributed by atoms with Gasteiger partial charge in [0.05, 0.1) is 5.69 Å². The molecule has 4 saturated carbocycles. The maximum absolute atomic E-state index is 13.0. The fourth-order valence-electron chi connectivity index (χ4n) is 6.01. The molecule has 4 aliphatic carbocycles. The fourth-order valence-corrected chi connectivity index (χ4v) is 6.01. The van der Waals surface area contributed by atoms with Crippen LogP contribution in [-0.4, -0.2) is 16.4 Å². The van der Waals surface area contributed by atoms with Gasteiger partial charge < -0.3 is 5.32 Å². The number of carbonyl (C=O) groups is 1. The highest BCUT2D eigenvalue weighted by Gasteiger charge is 2.51. The number of aryl methyl sites for hydroxylation is 1. The van der Waals surface area contributed by atoms with Crippen LogP contribution in [0.2, 0.25) is 0 Å². The Bertz CT molecular complexity index is 804. The van der Waals surface area contributed by atoms with E-state index in [-0.39, 0.29) is 11.4 Å². The summed E-state index contributed by atoms with van der Waals surface area (Å²) >= 11 is 0. The van der Waals surface area contributed by atoms with E-state index in [1.165, 1.54) is 44.1 Å². The Morgan fingerprint density at radius 2 is 1.58 bits per heavy atom. The van der Waals surface area contributed by atoms with Crippen molar-refractivity contribution in [3.63, 3.8) is 0 Å². The van der Waals surface area contributed by atoms with Gasteiger partial charge in [0.15, 0.2) is 0 Å². The van der Waals surface area contributed by atoms with E-state index in [1.807, 2.05) is 18.2 Å². The Hall–Kier alpha value is -2.16. The molecule has 0 saturated heterocycles. The van der Waals surface area contributed by atoms with Gasteiger partial charge in [-0.15, -0.1) is 0 Å². The van der Waals surface area contributed by atoms with Gasteiger partial charge in [-0.25, -0.2) is 4.98 Å². The van der Waals surface area contributed by atoms with Crippen molar-refractivity contribution in [2.45, 2.75) is 51.0 Å². The molecule has 134 valence electrons. The second kappa shape index (κ2) is 5.94. The van der Waals surface area contributed by atoms with E-state index in [9.17, 15) is 4.79 Å². The molecule has 0 unspecified atom stereocenters. The van der Waals surface area contributed by atoms with Crippen molar-refractivity contribution in [2.24, 2.45) is 17.8 Å². The zero-order valence-corrected chi connectivity index (χ0v) is 15.4. The number of amides is 1. The Balaban J connectivity index is 1.38. The Morgan fingerprint density at radius 3 is 2.19 bits per heavy atom. The van der Waals surface area contributed by atoms with Crippen LogP contribution < -0.4 is 5.32 Å². The van der Waals surface area contributed by atoms with Gasteiger partial charge in [-0.2, -0.15) is 0 Å². The first-order chi connectivity index (χ1) is 12.6. The summed E-state index contributed by atoms with van der Waals surface area (Å²) in [4.78, 5) is 17.7. The Labute approximate surface area is 155 Å². The lowest BCUT2D eigenvalue weighted by Crippen LogP contribution is -2.59. The molecule has 6 rings (SSSR count). The molecule has 0 spiro atoms. The van der Waals surface area contributed by atoms with Gasteiger partial charge in [-0.1, -0.05) is 35.9 Å². The van der Waals surface area contributed by atoms with E-state index in [4.69, 9.17) is 0 Å². The van der Waals surface area contributed by atoms with Gasteiger partial charge in [0.25, 0.3) is 5.91 Å². The van der Waals surface area contributed by atoms with Crippen molar-refractivity contribution in [2.75, 3.05) is 0 Å². The van der Waals surface area contributed by atoms with E-state index in [1.54, 1.807) is 0 Å². The van der Waals surface area contributed by atoms with Crippen LogP contribution in [0.4, 0.5) is 0 Å². The SMILES string of the molecule is Cc1ccc(-c2cccc(C(=O)NC34CC5CC(CC(C5)C3)C4)n2)cc1. The third-order valence-corrected chi connectivity index (χ3v) is 6.75. The van der Waals surface area contributed by atoms with Crippen molar-refractivity contribution in [3.05, 3.63) is 53.7 Å². The second-order valence-corrected chi connectivity index (χ2v) is 8.93. The van der Waals surface area contributed by atoms with Crippen molar-refractivity contribution < 1.29 is 4.79 Å². The van der Waals surface area contributed by atoms with Crippen LogP contribution in [0.1, 0.15) is 54.6 Å². The Kier molecular flexibility index (Phi) is 3.66. The molecular formula is C23H26N2O. The summed E-state index contributed by atoms with van der Waals surface area (Å²) in [5.41, 5.74) is 3.72. The molecule has 1 amide bonds. The minimum Gasteiger partial charge on any atom is -0.345 e. The molecule has 4 fully saturated rings. The smallest absolute Gasteiger partial charge is 0.270 e. The van der Waals surface area contributed by atoms with Crippen LogP contribution in [0, 0.1) is 24.7 Å². The first-order valence-corrected chi connectivity index (χ1v) is 9.95. The first-order valence-electron chi connectivity index (χ1n) is 9.95. The summed E-state index contributed by atoms with van der Waals surface area (Å²) < 4.78 is 0. The lowest BCUT2D eigenvalue weighted by Gasteiger charge is -2.56. The van der Waals surface area contributed by atoms with Crippen molar-refractivity contribution in [3.8, 4) is 11.3 Å². The van der Waals surface area contributed by atoms with Gasteiger partial charge >= 0.3 is 0 Å².